The lowest BCUT2D eigenvalue weighted by atomic mass is 9.92. The van der Waals surface area contributed by atoms with Crippen molar-refractivity contribution in [2.24, 2.45) is 5.41 Å². The van der Waals surface area contributed by atoms with E-state index in [4.69, 9.17) is 4.74 Å². The standard InChI is InChI=1S/C13H30N2O/c1-6-8-14-11-13(2,3)12-15(4)9-7-10-16-5/h14H,6-12H2,1-5H3. The Morgan fingerprint density at radius 3 is 2.56 bits per heavy atom. The van der Waals surface area contributed by atoms with Crippen LogP contribution in [0.4, 0.5) is 0 Å². The summed E-state index contributed by atoms with van der Waals surface area (Å²) in [5, 5.41) is 3.50. The molecule has 0 spiro atoms. The first-order chi connectivity index (χ1) is 7.52. The first-order valence-electron chi connectivity index (χ1n) is 6.40. The van der Waals surface area contributed by atoms with Crippen molar-refractivity contribution >= 4 is 0 Å². The molecule has 0 rings (SSSR count). The lowest BCUT2D eigenvalue weighted by molar-refractivity contribution is 0.159. The van der Waals surface area contributed by atoms with Crippen LogP contribution in [0.3, 0.4) is 0 Å². The Morgan fingerprint density at radius 1 is 1.31 bits per heavy atom. The summed E-state index contributed by atoms with van der Waals surface area (Å²) in [5.41, 5.74) is 0.344. The monoisotopic (exact) mass is 230 g/mol. The smallest absolute Gasteiger partial charge is 0.0474 e. The van der Waals surface area contributed by atoms with Crippen molar-refractivity contribution in [1.29, 1.82) is 0 Å². The SMILES string of the molecule is CCCNCC(C)(C)CN(C)CCCOC. The topological polar surface area (TPSA) is 24.5 Å². The van der Waals surface area contributed by atoms with Crippen molar-refractivity contribution in [2.45, 2.75) is 33.6 Å². The zero-order valence-corrected chi connectivity index (χ0v) is 11.8. The van der Waals surface area contributed by atoms with E-state index in [0.29, 0.717) is 5.41 Å². The van der Waals surface area contributed by atoms with Gasteiger partial charge < -0.3 is 15.0 Å². The number of ether oxygens (including phenoxy) is 1. The van der Waals surface area contributed by atoms with Gasteiger partial charge in [0, 0.05) is 33.4 Å². The molecule has 3 nitrogen and oxygen atoms in total. The molecule has 0 aromatic carbocycles. The van der Waals surface area contributed by atoms with Gasteiger partial charge in [-0.3, -0.25) is 0 Å². The first kappa shape index (κ1) is 15.9. The molecule has 0 fully saturated rings. The minimum atomic E-state index is 0.344. The van der Waals surface area contributed by atoms with Crippen molar-refractivity contribution in [2.75, 3.05) is 46.9 Å². The van der Waals surface area contributed by atoms with Gasteiger partial charge >= 0.3 is 0 Å². The molecule has 1 N–H and O–H groups in total. The Morgan fingerprint density at radius 2 is 2.00 bits per heavy atom. The maximum atomic E-state index is 5.06. The molecule has 0 aromatic rings. The van der Waals surface area contributed by atoms with Crippen LogP contribution in [0.15, 0.2) is 0 Å². The summed E-state index contributed by atoms with van der Waals surface area (Å²) in [6.07, 6.45) is 2.32. The van der Waals surface area contributed by atoms with Crippen molar-refractivity contribution < 1.29 is 4.74 Å². The molecule has 98 valence electrons. The van der Waals surface area contributed by atoms with Crippen LogP contribution in [0.5, 0.6) is 0 Å². The molecule has 0 saturated heterocycles. The second kappa shape index (κ2) is 8.97. The van der Waals surface area contributed by atoms with Gasteiger partial charge in [0.25, 0.3) is 0 Å². The third-order valence-electron chi connectivity index (χ3n) is 2.62. The summed E-state index contributed by atoms with van der Waals surface area (Å²) in [5.74, 6) is 0. The molecule has 0 aromatic heterocycles. The third-order valence-corrected chi connectivity index (χ3v) is 2.62. The van der Waals surface area contributed by atoms with Crippen molar-refractivity contribution in [3.8, 4) is 0 Å². The average molecular weight is 230 g/mol. The van der Waals surface area contributed by atoms with E-state index in [1.807, 2.05) is 0 Å². The quantitative estimate of drug-likeness (QED) is 0.581. The molecular formula is C13H30N2O. The van der Waals surface area contributed by atoms with Crippen LogP contribution in [0.2, 0.25) is 0 Å². The van der Waals surface area contributed by atoms with Gasteiger partial charge in [-0.05, 0) is 31.8 Å². The predicted molar refractivity (Wildman–Crippen MR) is 70.9 cm³/mol. The predicted octanol–water partition coefficient (Wildman–Crippen LogP) is 1.98. The molecule has 0 heterocycles. The number of nitrogens with zero attached hydrogens (tertiary/aromatic N) is 1. The van der Waals surface area contributed by atoms with E-state index < -0.39 is 0 Å². The van der Waals surface area contributed by atoms with Gasteiger partial charge in [-0.25, -0.2) is 0 Å². The minimum Gasteiger partial charge on any atom is -0.385 e. The fraction of sp³-hybridized carbons (Fsp3) is 1.00. The van der Waals surface area contributed by atoms with Crippen LogP contribution >= 0.6 is 0 Å². The maximum Gasteiger partial charge on any atom is 0.0474 e. The summed E-state index contributed by atoms with van der Waals surface area (Å²) in [6, 6.07) is 0. The Hall–Kier alpha value is -0.120. The Balaban J connectivity index is 3.67. The summed E-state index contributed by atoms with van der Waals surface area (Å²) < 4.78 is 5.06. The molecule has 0 saturated carbocycles. The van der Waals surface area contributed by atoms with Crippen LogP contribution in [0, 0.1) is 5.41 Å². The molecule has 3 heteroatoms. The van der Waals surface area contributed by atoms with Crippen LogP contribution in [0.1, 0.15) is 33.6 Å². The van der Waals surface area contributed by atoms with Gasteiger partial charge in [0.1, 0.15) is 0 Å². The van der Waals surface area contributed by atoms with Crippen LogP contribution in [-0.2, 0) is 4.74 Å². The highest BCUT2D eigenvalue weighted by Crippen LogP contribution is 2.15. The highest BCUT2D eigenvalue weighted by Gasteiger charge is 2.19. The van der Waals surface area contributed by atoms with Gasteiger partial charge in [0.15, 0.2) is 0 Å². The fourth-order valence-corrected chi connectivity index (χ4v) is 1.95. The highest BCUT2D eigenvalue weighted by molar-refractivity contribution is 4.75. The van der Waals surface area contributed by atoms with Crippen LogP contribution in [0.25, 0.3) is 0 Å². The number of nitrogens with one attached hydrogen (secondary N) is 1. The Kier molecular flexibility index (Phi) is 8.90. The lowest BCUT2D eigenvalue weighted by Crippen LogP contribution is -2.39. The molecule has 0 atom stereocenters. The van der Waals surface area contributed by atoms with Crippen molar-refractivity contribution in [3.63, 3.8) is 0 Å². The molecule has 16 heavy (non-hydrogen) atoms. The van der Waals surface area contributed by atoms with Crippen LogP contribution in [-0.4, -0.2) is 51.8 Å². The summed E-state index contributed by atoms with van der Waals surface area (Å²) in [4.78, 5) is 2.40. The van der Waals surface area contributed by atoms with E-state index in [9.17, 15) is 0 Å². The van der Waals surface area contributed by atoms with Crippen LogP contribution < -0.4 is 5.32 Å². The van der Waals surface area contributed by atoms with E-state index in [0.717, 1.165) is 39.2 Å². The molecule has 0 aliphatic carbocycles. The van der Waals surface area contributed by atoms with Gasteiger partial charge in [-0.2, -0.15) is 0 Å². The van der Waals surface area contributed by atoms with E-state index in [1.54, 1.807) is 7.11 Å². The van der Waals surface area contributed by atoms with E-state index in [1.165, 1.54) is 6.42 Å². The molecular weight excluding hydrogens is 200 g/mol. The van der Waals surface area contributed by atoms with E-state index >= 15 is 0 Å². The molecule has 0 amide bonds. The molecule has 0 unspecified atom stereocenters. The minimum absolute atomic E-state index is 0.344. The van der Waals surface area contributed by atoms with Gasteiger partial charge in [-0.1, -0.05) is 20.8 Å². The van der Waals surface area contributed by atoms with Gasteiger partial charge in [0.2, 0.25) is 0 Å². The maximum absolute atomic E-state index is 5.06. The van der Waals surface area contributed by atoms with E-state index in [2.05, 4.69) is 38.0 Å². The first-order valence-corrected chi connectivity index (χ1v) is 6.40. The summed E-state index contributed by atoms with van der Waals surface area (Å²) in [7, 11) is 3.95. The number of hydrogen-bond donors (Lipinski definition) is 1. The summed E-state index contributed by atoms with van der Waals surface area (Å²) >= 11 is 0. The molecule has 0 radical (unpaired) electrons. The van der Waals surface area contributed by atoms with Crippen molar-refractivity contribution in [3.05, 3.63) is 0 Å². The van der Waals surface area contributed by atoms with Gasteiger partial charge in [0.05, 0.1) is 0 Å². The summed E-state index contributed by atoms with van der Waals surface area (Å²) in [6.45, 7) is 12.2. The lowest BCUT2D eigenvalue weighted by Gasteiger charge is -2.30. The normalized spacial score (nSPS) is 12.4. The third kappa shape index (κ3) is 9.13. The number of rotatable bonds is 10. The zero-order chi connectivity index (χ0) is 12.4. The second-order valence-electron chi connectivity index (χ2n) is 5.43. The molecule has 0 bridgehead atoms. The number of hydrogen-bond acceptors (Lipinski definition) is 3. The Labute approximate surface area is 102 Å². The Bertz CT molecular complexity index is 160. The fourth-order valence-electron chi connectivity index (χ4n) is 1.95. The molecule has 0 aliphatic rings. The number of methoxy groups -OCH3 is 1. The average Bonchev–Trinajstić information content (AvgIpc) is 2.17. The van der Waals surface area contributed by atoms with Gasteiger partial charge in [-0.15, -0.1) is 0 Å². The van der Waals surface area contributed by atoms with Crippen molar-refractivity contribution in [1.82, 2.24) is 10.2 Å². The van der Waals surface area contributed by atoms with E-state index in [-0.39, 0.29) is 0 Å². The molecule has 0 aliphatic heterocycles. The second-order valence-corrected chi connectivity index (χ2v) is 5.43. The highest BCUT2D eigenvalue weighted by atomic mass is 16.5. The largest absolute Gasteiger partial charge is 0.385 e. The zero-order valence-electron chi connectivity index (χ0n) is 11.8.